The number of hydrogen-bond donors (Lipinski definition) is 3. The molecule has 2 aromatic heterocycles. The molecule has 0 amide bonds. The van der Waals surface area contributed by atoms with Gasteiger partial charge in [-0.15, -0.1) is 11.3 Å². The van der Waals surface area contributed by atoms with Gasteiger partial charge in [0.15, 0.2) is 0 Å². The third-order valence-corrected chi connectivity index (χ3v) is 5.84. The molecule has 0 radical (unpaired) electrons. The summed E-state index contributed by atoms with van der Waals surface area (Å²) in [7, 11) is 0. The van der Waals surface area contributed by atoms with E-state index in [1.807, 2.05) is 24.3 Å². The molecule has 1 aromatic carbocycles. The van der Waals surface area contributed by atoms with Gasteiger partial charge in [-0.3, -0.25) is 10.00 Å². The molecule has 0 fully saturated rings. The smallest absolute Gasteiger partial charge is 0.475 e. The van der Waals surface area contributed by atoms with Crippen LogP contribution in [0.4, 0.5) is 13.2 Å². The van der Waals surface area contributed by atoms with Crippen LogP contribution in [0.15, 0.2) is 42.5 Å². The molecular formula is C24H22F3N3O3S. The van der Waals surface area contributed by atoms with Gasteiger partial charge in [-0.25, -0.2) is 4.79 Å². The second kappa shape index (κ2) is 11.7. The summed E-state index contributed by atoms with van der Waals surface area (Å²) in [6, 6.07) is 14.5. The van der Waals surface area contributed by atoms with Crippen molar-refractivity contribution in [1.82, 2.24) is 15.1 Å². The summed E-state index contributed by atoms with van der Waals surface area (Å²) >= 11 is 1.70. The Labute approximate surface area is 198 Å². The zero-order chi connectivity index (χ0) is 24.6. The highest BCUT2D eigenvalue weighted by atomic mass is 32.1. The number of carboxylic acids is 1. The number of aromatic nitrogens is 2. The average molecular weight is 490 g/mol. The molecule has 0 saturated carbocycles. The van der Waals surface area contributed by atoms with E-state index in [-0.39, 0.29) is 6.61 Å². The fourth-order valence-electron chi connectivity index (χ4n) is 3.26. The van der Waals surface area contributed by atoms with Crippen LogP contribution in [0.3, 0.4) is 0 Å². The molecule has 4 rings (SSSR count). The molecule has 0 saturated heterocycles. The van der Waals surface area contributed by atoms with E-state index in [9.17, 15) is 13.2 Å². The highest BCUT2D eigenvalue weighted by Crippen LogP contribution is 2.25. The SMILES string of the molecule is O=C(O)C(F)(F)F.OCC#Cc1ccc(CN2CCc3[nH]nc(/C=C/c4ccccc4)c3C2)s1. The maximum atomic E-state index is 10.6. The van der Waals surface area contributed by atoms with Crippen molar-refractivity contribution in [3.63, 3.8) is 0 Å². The third kappa shape index (κ3) is 7.31. The molecule has 10 heteroatoms. The predicted octanol–water partition coefficient (Wildman–Crippen LogP) is 4.18. The van der Waals surface area contributed by atoms with Crippen LogP contribution in [0.1, 0.15) is 32.3 Å². The lowest BCUT2D eigenvalue weighted by Crippen LogP contribution is -2.29. The standard InChI is InChI=1S/C22H21N3OS.C2HF3O2/c26-14-4-7-18-9-10-19(27-18)15-25-13-12-22-20(16-25)21(23-24-22)11-8-17-5-2-1-3-6-17;3-2(4,5)1(6)7/h1-3,5-6,8-11,26H,12-16H2,(H,23,24);(H,6,7)/b11-8+;. The number of carbonyl (C=O) groups is 1. The van der Waals surface area contributed by atoms with Gasteiger partial charge in [0.05, 0.1) is 10.6 Å². The minimum atomic E-state index is -5.08. The Hall–Kier alpha value is -3.39. The van der Waals surface area contributed by atoms with Crippen LogP contribution >= 0.6 is 11.3 Å². The van der Waals surface area contributed by atoms with Gasteiger partial charge in [0, 0.05) is 42.2 Å². The fourth-order valence-corrected chi connectivity index (χ4v) is 4.19. The zero-order valence-corrected chi connectivity index (χ0v) is 18.8. The van der Waals surface area contributed by atoms with Crippen LogP contribution in [0.2, 0.25) is 0 Å². The van der Waals surface area contributed by atoms with Gasteiger partial charge in [-0.1, -0.05) is 48.2 Å². The van der Waals surface area contributed by atoms with Crippen LogP contribution in [-0.2, 0) is 24.3 Å². The quantitative estimate of drug-likeness (QED) is 0.479. The van der Waals surface area contributed by atoms with Gasteiger partial charge in [0.25, 0.3) is 0 Å². The van der Waals surface area contributed by atoms with Crippen LogP contribution in [0, 0.1) is 11.8 Å². The number of fused-ring (bicyclic) bond motifs is 1. The molecule has 0 bridgehead atoms. The Morgan fingerprint density at radius 2 is 1.94 bits per heavy atom. The number of carboxylic acid groups (broad SMARTS) is 1. The maximum absolute atomic E-state index is 10.6. The maximum Gasteiger partial charge on any atom is 0.490 e. The van der Waals surface area contributed by atoms with Crippen LogP contribution in [0.5, 0.6) is 0 Å². The number of alkyl halides is 3. The number of benzene rings is 1. The van der Waals surface area contributed by atoms with Crippen LogP contribution in [-0.4, -0.2) is 50.6 Å². The number of H-pyrrole nitrogens is 1. The van der Waals surface area contributed by atoms with E-state index in [0.717, 1.165) is 36.6 Å². The average Bonchev–Trinajstić information content (AvgIpc) is 3.43. The fraction of sp³-hybridized carbons (Fsp3) is 0.250. The van der Waals surface area contributed by atoms with Crippen molar-refractivity contribution in [2.24, 2.45) is 0 Å². The van der Waals surface area contributed by atoms with Crippen LogP contribution in [0.25, 0.3) is 12.2 Å². The summed E-state index contributed by atoms with van der Waals surface area (Å²) in [5.41, 5.74) is 4.75. The Morgan fingerprint density at radius 1 is 1.21 bits per heavy atom. The van der Waals surface area contributed by atoms with E-state index in [2.05, 4.69) is 57.3 Å². The van der Waals surface area contributed by atoms with E-state index in [1.165, 1.54) is 21.7 Å². The first-order chi connectivity index (χ1) is 16.3. The van der Waals surface area contributed by atoms with E-state index < -0.39 is 12.1 Å². The first-order valence-electron chi connectivity index (χ1n) is 10.3. The number of aliphatic carboxylic acids is 1. The molecule has 178 valence electrons. The molecule has 34 heavy (non-hydrogen) atoms. The predicted molar refractivity (Wildman–Crippen MR) is 124 cm³/mol. The van der Waals surface area contributed by atoms with Crippen molar-refractivity contribution in [3.05, 3.63) is 74.7 Å². The zero-order valence-electron chi connectivity index (χ0n) is 18.0. The van der Waals surface area contributed by atoms with E-state index in [0.29, 0.717) is 0 Å². The molecule has 0 spiro atoms. The molecule has 1 aliphatic heterocycles. The highest BCUT2D eigenvalue weighted by molar-refractivity contribution is 7.12. The van der Waals surface area contributed by atoms with Crippen molar-refractivity contribution in [3.8, 4) is 11.8 Å². The van der Waals surface area contributed by atoms with Crippen molar-refractivity contribution >= 4 is 29.5 Å². The molecule has 0 unspecified atom stereocenters. The molecule has 0 aliphatic carbocycles. The van der Waals surface area contributed by atoms with Gasteiger partial charge in [-0.05, 0) is 23.8 Å². The number of halogens is 3. The van der Waals surface area contributed by atoms with E-state index in [4.69, 9.17) is 15.0 Å². The van der Waals surface area contributed by atoms with Crippen molar-refractivity contribution in [2.75, 3.05) is 13.2 Å². The first kappa shape index (κ1) is 25.2. The summed E-state index contributed by atoms with van der Waals surface area (Å²) < 4.78 is 31.7. The lowest BCUT2D eigenvalue weighted by Gasteiger charge is -2.26. The number of aliphatic hydroxyl groups excluding tert-OH is 1. The van der Waals surface area contributed by atoms with Crippen molar-refractivity contribution in [1.29, 1.82) is 0 Å². The normalized spacial score (nSPS) is 13.5. The van der Waals surface area contributed by atoms with Crippen molar-refractivity contribution in [2.45, 2.75) is 25.7 Å². The summed E-state index contributed by atoms with van der Waals surface area (Å²) in [5.74, 6) is 2.93. The molecule has 1 aliphatic rings. The first-order valence-corrected chi connectivity index (χ1v) is 11.1. The molecule has 3 aromatic rings. The number of thiophene rings is 1. The summed E-state index contributed by atoms with van der Waals surface area (Å²) in [4.78, 5) is 13.6. The lowest BCUT2D eigenvalue weighted by atomic mass is 10.0. The largest absolute Gasteiger partial charge is 0.490 e. The molecule has 3 N–H and O–H groups in total. The third-order valence-electron chi connectivity index (χ3n) is 4.85. The highest BCUT2D eigenvalue weighted by Gasteiger charge is 2.38. The topological polar surface area (TPSA) is 89.5 Å². The molecule has 6 nitrogen and oxygen atoms in total. The number of aliphatic hydroxyl groups is 1. The van der Waals surface area contributed by atoms with Gasteiger partial charge in [-0.2, -0.15) is 18.3 Å². The van der Waals surface area contributed by atoms with Gasteiger partial charge in [0.1, 0.15) is 6.61 Å². The number of hydrogen-bond acceptors (Lipinski definition) is 5. The Balaban J connectivity index is 0.000000406. The van der Waals surface area contributed by atoms with Crippen molar-refractivity contribution < 1.29 is 28.2 Å². The van der Waals surface area contributed by atoms with Gasteiger partial charge < -0.3 is 10.2 Å². The lowest BCUT2D eigenvalue weighted by molar-refractivity contribution is -0.192. The number of aromatic amines is 1. The van der Waals surface area contributed by atoms with E-state index in [1.54, 1.807) is 11.3 Å². The molecule has 0 atom stereocenters. The second-order valence-corrected chi connectivity index (χ2v) is 8.47. The summed E-state index contributed by atoms with van der Waals surface area (Å²) in [6.45, 7) is 2.74. The second-order valence-electron chi connectivity index (χ2n) is 7.30. The number of nitrogens with zero attached hydrogens (tertiary/aromatic N) is 2. The molecular weight excluding hydrogens is 467 g/mol. The van der Waals surface area contributed by atoms with Gasteiger partial charge in [0.2, 0.25) is 0 Å². The number of rotatable bonds is 4. The Morgan fingerprint density at radius 3 is 2.62 bits per heavy atom. The monoisotopic (exact) mass is 489 g/mol. The summed E-state index contributed by atoms with van der Waals surface area (Å²) in [6.07, 6.45) is 0.118. The summed E-state index contributed by atoms with van der Waals surface area (Å²) in [5, 5.41) is 23.7. The Kier molecular flexibility index (Phi) is 8.65. The van der Waals surface area contributed by atoms with E-state index >= 15 is 0 Å². The number of nitrogens with one attached hydrogen (secondary N) is 1. The Bertz CT molecular complexity index is 1190. The minimum Gasteiger partial charge on any atom is -0.475 e. The van der Waals surface area contributed by atoms with Crippen LogP contribution < -0.4 is 0 Å². The van der Waals surface area contributed by atoms with Gasteiger partial charge >= 0.3 is 12.1 Å². The minimum absolute atomic E-state index is 0.0953. The molecule has 3 heterocycles.